The summed E-state index contributed by atoms with van der Waals surface area (Å²) in [6.45, 7) is 3.64. The van der Waals surface area contributed by atoms with Crippen LogP contribution in [0.5, 0.6) is 0 Å². The number of nitrogens with one attached hydrogen (secondary N) is 2. The van der Waals surface area contributed by atoms with Gasteiger partial charge in [-0.15, -0.1) is 0 Å². The van der Waals surface area contributed by atoms with E-state index in [1.165, 1.54) is 4.90 Å². The number of amides is 3. The molecule has 2 aliphatic rings. The summed E-state index contributed by atoms with van der Waals surface area (Å²) in [4.78, 5) is 54.5. The molecule has 208 valence electrons. The number of piperidine rings is 1. The van der Waals surface area contributed by atoms with Crippen LogP contribution in [0.2, 0.25) is 0 Å². The third-order valence-electron chi connectivity index (χ3n) is 6.44. The molecule has 4 N–H and O–H groups in total. The summed E-state index contributed by atoms with van der Waals surface area (Å²) in [5, 5.41) is 8.99. The summed E-state index contributed by atoms with van der Waals surface area (Å²) in [7, 11) is 0. The van der Waals surface area contributed by atoms with Gasteiger partial charge in [0.1, 0.15) is 25.5 Å². The fourth-order valence-corrected chi connectivity index (χ4v) is 4.40. The fourth-order valence-electron chi connectivity index (χ4n) is 4.40. The Morgan fingerprint density at radius 3 is 2.63 bits per heavy atom. The maximum Gasteiger partial charge on any atom is 0.408 e. The summed E-state index contributed by atoms with van der Waals surface area (Å²) in [6.07, 6.45) is 3.86. The van der Waals surface area contributed by atoms with E-state index in [9.17, 15) is 19.2 Å². The molecule has 1 heterocycles. The number of nitrogens with zero attached hydrogens (tertiary/aromatic N) is 3. The number of nitrogens with two attached hydrogens (primary N) is 1. The van der Waals surface area contributed by atoms with Gasteiger partial charge in [-0.3, -0.25) is 14.4 Å². The van der Waals surface area contributed by atoms with Gasteiger partial charge >= 0.3 is 12.1 Å². The van der Waals surface area contributed by atoms with Crippen molar-refractivity contribution in [2.75, 3.05) is 32.8 Å². The van der Waals surface area contributed by atoms with Crippen LogP contribution in [0.4, 0.5) is 4.79 Å². The molecular formula is C26H38N6O6. The Kier molecular flexibility index (Phi) is 11.2. The molecule has 1 saturated carbocycles. The first kappa shape index (κ1) is 28.7. The highest BCUT2D eigenvalue weighted by Crippen LogP contribution is 2.27. The van der Waals surface area contributed by atoms with Crippen LogP contribution < -0.4 is 16.5 Å². The van der Waals surface area contributed by atoms with Crippen molar-refractivity contribution in [3.05, 3.63) is 35.9 Å². The number of carbonyl (C=O) groups is 4. The highest BCUT2D eigenvalue weighted by molar-refractivity contribution is 5.92. The molecule has 1 saturated heterocycles. The monoisotopic (exact) mass is 530 g/mol. The summed E-state index contributed by atoms with van der Waals surface area (Å²) in [5.41, 5.74) is 0.784. The maximum absolute atomic E-state index is 13.5. The van der Waals surface area contributed by atoms with Crippen LogP contribution in [0.3, 0.4) is 0 Å². The molecule has 0 spiro atoms. The molecule has 1 aliphatic carbocycles. The first-order valence-corrected chi connectivity index (χ1v) is 13.1. The molecule has 3 rings (SSSR count). The minimum Gasteiger partial charge on any atom is -0.465 e. The van der Waals surface area contributed by atoms with E-state index < -0.39 is 24.0 Å². The molecule has 2 atom stereocenters. The Morgan fingerprint density at radius 1 is 1.18 bits per heavy atom. The third kappa shape index (κ3) is 9.56. The van der Waals surface area contributed by atoms with Gasteiger partial charge < -0.3 is 35.7 Å². The van der Waals surface area contributed by atoms with Crippen LogP contribution >= 0.6 is 0 Å². The Morgan fingerprint density at radius 2 is 1.95 bits per heavy atom. The number of hydrogen-bond acceptors (Lipinski definition) is 8. The van der Waals surface area contributed by atoms with Gasteiger partial charge in [0.2, 0.25) is 11.8 Å². The van der Waals surface area contributed by atoms with Gasteiger partial charge in [0.25, 0.3) is 0 Å². The van der Waals surface area contributed by atoms with Gasteiger partial charge in [0.15, 0.2) is 0 Å². The topological polar surface area (TPSA) is 156 Å². The van der Waals surface area contributed by atoms with Crippen molar-refractivity contribution in [1.29, 1.82) is 0 Å². The van der Waals surface area contributed by atoms with Crippen molar-refractivity contribution in [2.45, 2.75) is 57.7 Å². The maximum atomic E-state index is 13.5. The molecule has 1 aromatic carbocycles. The molecule has 3 amide bonds. The van der Waals surface area contributed by atoms with Crippen LogP contribution in [0.25, 0.3) is 0 Å². The quantitative estimate of drug-likeness (QED) is 0.112. The largest absolute Gasteiger partial charge is 0.465 e. The van der Waals surface area contributed by atoms with Crippen molar-refractivity contribution in [3.63, 3.8) is 0 Å². The Balaban J connectivity index is 1.62. The lowest BCUT2D eigenvalue weighted by atomic mass is 9.98. The molecule has 1 aromatic rings. The number of benzene rings is 1. The zero-order valence-electron chi connectivity index (χ0n) is 21.8. The zero-order chi connectivity index (χ0) is 27.3. The number of hydrogen-bond donors (Lipinski definition) is 3. The third-order valence-corrected chi connectivity index (χ3v) is 6.44. The molecule has 38 heavy (non-hydrogen) atoms. The summed E-state index contributed by atoms with van der Waals surface area (Å²) < 4.78 is 10.3. The average Bonchev–Trinajstić information content (AvgIpc) is 3.75. The van der Waals surface area contributed by atoms with Gasteiger partial charge in [0, 0.05) is 25.7 Å². The van der Waals surface area contributed by atoms with Crippen molar-refractivity contribution >= 4 is 30.2 Å². The second kappa shape index (κ2) is 14.8. The second-order valence-electron chi connectivity index (χ2n) is 9.54. The van der Waals surface area contributed by atoms with E-state index >= 15 is 0 Å². The number of carbonyl (C=O) groups excluding carboxylic acids is 4. The average molecular weight is 531 g/mol. The number of ether oxygens (including phenoxy) is 2. The molecule has 0 aromatic heterocycles. The molecule has 0 radical (unpaired) electrons. The van der Waals surface area contributed by atoms with E-state index in [1.54, 1.807) is 13.3 Å². The number of likely N-dealkylation sites (tertiary alicyclic amines) is 1. The predicted molar refractivity (Wildman–Crippen MR) is 140 cm³/mol. The Labute approximate surface area is 222 Å². The summed E-state index contributed by atoms with van der Waals surface area (Å²) in [6, 6.07) is 7.79. The number of alkyl carbamates (subject to hydrolysis) is 1. The molecule has 12 heteroatoms. The van der Waals surface area contributed by atoms with Crippen LogP contribution in [-0.2, 0) is 30.5 Å². The molecule has 12 nitrogen and oxygen atoms in total. The Bertz CT molecular complexity index is 970. The molecule has 0 bridgehead atoms. The first-order valence-electron chi connectivity index (χ1n) is 13.1. The highest BCUT2D eigenvalue weighted by Gasteiger charge is 2.38. The first-order chi connectivity index (χ1) is 18.4. The summed E-state index contributed by atoms with van der Waals surface area (Å²) >= 11 is 0. The fraction of sp³-hybridized carbons (Fsp3) is 0.577. The SMILES string of the molecule is CCOC(=O)CN(C(=O)[C@H](CC(=O)NC[C@@H]1CCCN(C=NN)C1)NC(=O)OCc1ccccc1)C1CC1. The molecule has 2 fully saturated rings. The summed E-state index contributed by atoms with van der Waals surface area (Å²) in [5.74, 6) is 4.01. The van der Waals surface area contributed by atoms with Crippen molar-refractivity contribution in [2.24, 2.45) is 16.9 Å². The number of hydrazone groups is 1. The van der Waals surface area contributed by atoms with Crippen molar-refractivity contribution in [1.82, 2.24) is 20.4 Å². The van der Waals surface area contributed by atoms with Crippen molar-refractivity contribution < 1.29 is 28.7 Å². The second-order valence-corrected chi connectivity index (χ2v) is 9.54. The standard InChI is InChI=1S/C26H38N6O6/c1-2-37-24(34)16-32(21-10-11-21)25(35)22(30-26(36)38-17-19-7-4-3-5-8-19)13-23(33)28-14-20-9-6-12-31(15-20)18-29-27/h3-5,7-8,18,20-22H,2,6,9-17,27H2,1H3,(H,28,33)(H,30,36)/t20-,22-/m0/s1. The number of rotatable bonds is 13. The molecule has 0 unspecified atom stereocenters. The lowest BCUT2D eigenvalue weighted by Crippen LogP contribution is -2.53. The van der Waals surface area contributed by atoms with E-state index in [0.29, 0.717) is 13.1 Å². The lowest BCUT2D eigenvalue weighted by molar-refractivity contribution is -0.150. The van der Waals surface area contributed by atoms with Gasteiger partial charge in [-0.25, -0.2) is 4.79 Å². The molecule has 1 aliphatic heterocycles. The van der Waals surface area contributed by atoms with E-state index in [1.807, 2.05) is 35.2 Å². The van der Waals surface area contributed by atoms with Crippen LogP contribution in [-0.4, -0.2) is 84.9 Å². The van der Waals surface area contributed by atoms with Gasteiger partial charge in [0.05, 0.1) is 13.0 Å². The minimum absolute atomic E-state index is 0.0131. The smallest absolute Gasteiger partial charge is 0.408 e. The van der Waals surface area contributed by atoms with E-state index in [0.717, 1.165) is 37.8 Å². The van der Waals surface area contributed by atoms with E-state index in [2.05, 4.69) is 15.7 Å². The van der Waals surface area contributed by atoms with Gasteiger partial charge in [-0.2, -0.15) is 5.10 Å². The number of esters is 1. The van der Waals surface area contributed by atoms with E-state index in [4.69, 9.17) is 15.3 Å². The zero-order valence-corrected chi connectivity index (χ0v) is 21.8. The van der Waals surface area contributed by atoms with Crippen molar-refractivity contribution in [3.8, 4) is 0 Å². The highest BCUT2D eigenvalue weighted by atomic mass is 16.5. The van der Waals surface area contributed by atoms with Crippen LogP contribution in [0.1, 0.15) is 44.6 Å². The van der Waals surface area contributed by atoms with Gasteiger partial charge in [-0.05, 0) is 44.1 Å². The van der Waals surface area contributed by atoms with Crippen LogP contribution in [0.15, 0.2) is 35.4 Å². The molecular weight excluding hydrogens is 492 g/mol. The van der Waals surface area contributed by atoms with Crippen LogP contribution in [0, 0.1) is 5.92 Å². The lowest BCUT2D eigenvalue weighted by Gasteiger charge is -2.31. The van der Waals surface area contributed by atoms with E-state index in [-0.39, 0.29) is 44.0 Å². The minimum atomic E-state index is -1.19. The normalized spacial score (nSPS) is 17.9. The Hall–Kier alpha value is -3.83. The predicted octanol–water partition coefficient (Wildman–Crippen LogP) is 0.956. The van der Waals surface area contributed by atoms with Gasteiger partial charge in [-0.1, -0.05) is 30.3 Å².